The van der Waals surface area contributed by atoms with Gasteiger partial charge in [0.25, 0.3) is 0 Å². The number of nitrogens with zero attached hydrogens (tertiary/aromatic N) is 1. The maximum Gasteiger partial charge on any atom is 0.231 e. The van der Waals surface area contributed by atoms with Crippen molar-refractivity contribution in [2.75, 3.05) is 18.6 Å². The van der Waals surface area contributed by atoms with Gasteiger partial charge in [-0.25, -0.2) is 0 Å². The fourth-order valence-corrected chi connectivity index (χ4v) is 1.93. The molecule has 3 heteroatoms. The maximum absolute atomic E-state index is 11.4. The van der Waals surface area contributed by atoms with E-state index >= 15 is 0 Å². The molecular weight excluding hydrogens is 190 g/mol. The maximum atomic E-state index is 11.4. The van der Waals surface area contributed by atoms with Gasteiger partial charge in [0.15, 0.2) is 0 Å². The summed E-state index contributed by atoms with van der Waals surface area (Å²) in [5.41, 5.74) is 3.31. The fourth-order valence-electron chi connectivity index (χ4n) is 1.93. The van der Waals surface area contributed by atoms with Crippen LogP contribution in [0.2, 0.25) is 0 Å². The minimum absolute atomic E-state index is 0.157. The first kappa shape index (κ1) is 10.2. The number of anilines is 1. The molecule has 1 aliphatic rings. The number of aliphatic hydroxyl groups excluding tert-OH is 1. The van der Waals surface area contributed by atoms with E-state index in [-0.39, 0.29) is 12.5 Å². The lowest BCUT2D eigenvalue weighted by atomic mass is 10.1. The predicted molar refractivity (Wildman–Crippen MR) is 59.0 cm³/mol. The molecule has 2 rings (SSSR count). The molecule has 0 spiro atoms. The number of benzene rings is 1. The molecule has 0 fully saturated rings. The first-order valence-electron chi connectivity index (χ1n) is 5.21. The van der Waals surface area contributed by atoms with Gasteiger partial charge in [-0.05, 0) is 30.0 Å². The number of amides is 1. The quantitative estimate of drug-likeness (QED) is 0.803. The number of rotatable bonds is 3. The van der Waals surface area contributed by atoms with Crippen molar-refractivity contribution in [3.8, 4) is 0 Å². The molecule has 0 atom stereocenters. The third-order valence-corrected chi connectivity index (χ3v) is 2.85. The van der Waals surface area contributed by atoms with Gasteiger partial charge in [-0.2, -0.15) is 0 Å². The molecule has 1 heterocycles. The van der Waals surface area contributed by atoms with Crippen molar-refractivity contribution in [1.29, 1.82) is 0 Å². The molecule has 0 bridgehead atoms. The van der Waals surface area contributed by atoms with Crippen molar-refractivity contribution in [2.24, 2.45) is 0 Å². The van der Waals surface area contributed by atoms with E-state index in [0.29, 0.717) is 6.42 Å². The topological polar surface area (TPSA) is 40.5 Å². The van der Waals surface area contributed by atoms with Crippen LogP contribution >= 0.6 is 0 Å². The van der Waals surface area contributed by atoms with Crippen molar-refractivity contribution >= 4 is 11.6 Å². The number of aliphatic hydroxyl groups is 1. The van der Waals surface area contributed by atoms with E-state index in [0.717, 1.165) is 24.1 Å². The molecule has 1 N–H and O–H groups in total. The number of carbonyl (C=O) groups excluding carboxylic acids is 1. The van der Waals surface area contributed by atoms with Gasteiger partial charge in [-0.1, -0.05) is 12.1 Å². The summed E-state index contributed by atoms with van der Waals surface area (Å²) in [7, 11) is 1.81. The Kier molecular flexibility index (Phi) is 2.73. The van der Waals surface area contributed by atoms with Crippen LogP contribution in [0.4, 0.5) is 5.69 Å². The van der Waals surface area contributed by atoms with Crippen molar-refractivity contribution in [2.45, 2.75) is 19.3 Å². The normalized spacial score (nSPS) is 14.5. The number of fused-ring (bicyclic) bond motifs is 1. The zero-order valence-electron chi connectivity index (χ0n) is 8.86. The second-order valence-corrected chi connectivity index (χ2v) is 3.92. The van der Waals surface area contributed by atoms with Crippen LogP contribution in [0.5, 0.6) is 0 Å². The van der Waals surface area contributed by atoms with Crippen LogP contribution in [0.15, 0.2) is 18.2 Å². The van der Waals surface area contributed by atoms with Crippen LogP contribution < -0.4 is 4.90 Å². The average molecular weight is 205 g/mol. The van der Waals surface area contributed by atoms with Gasteiger partial charge in [0.1, 0.15) is 0 Å². The largest absolute Gasteiger partial charge is 0.396 e. The Bertz CT molecular complexity index is 387. The molecule has 1 aromatic carbocycles. The molecule has 0 saturated carbocycles. The Balaban J connectivity index is 2.23. The van der Waals surface area contributed by atoms with Gasteiger partial charge in [-0.3, -0.25) is 4.79 Å². The van der Waals surface area contributed by atoms with Gasteiger partial charge >= 0.3 is 0 Å². The van der Waals surface area contributed by atoms with Crippen LogP contribution in [0.3, 0.4) is 0 Å². The van der Waals surface area contributed by atoms with E-state index in [1.807, 2.05) is 19.2 Å². The number of hydrogen-bond donors (Lipinski definition) is 1. The molecule has 1 aromatic rings. The molecule has 3 nitrogen and oxygen atoms in total. The Hall–Kier alpha value is -1.35. The molecule has 0 aromatic heterocycles. The van der Waals surface area contributed by atoms with Gasteiger partial charge in [-0.15, -0.1) is 0 Å². The summed E-state index contributed by atoms with van der Waals surface area (Å²) in [4.78, 5) is 13.1. The third kappa shape index (κ3) is 1.88. The molecule has 0 saturated heterocycles. The summed E-state index contributed by atoms with van der Waals surface area (Å²) >= 11 is 0. The van der Waals surface area contributed by atoms with Crippen LogP contribution in [0.1, 0.15) is 17.5 Å². The Morgan fingerprint density at radius 2 is 2.27 bits per heavy atom. The third-order valence-electron chi connectivity index (χ3n) is 2.85. The highest BCUT2D eigenvalue weighted by molar-refractivity contribution is 6.00. The summed E-state index contributed by atoms with van der Waals surface area (Å²) in [6, 6.07) is 6.11. The molecule has 1 amide bonds. The molecule has 0 radical (unpaired) electrons. The standard InChI is InChI=1S/C12H15NO2/c1-13-11-7-9(3-2-6-14)4-5-10(11)8-12(13)15/h4-5,7,14H,2-3,6,8H2,1H3. The highest BCUT2D eigenvalue weighted by Gasteiger charge is 2.23. The monoisotopic (exact) mass is 205 g/mol. The Morgan fingerprint density at radius 1 is 1.47 bits per heavy atom. The summed E-state index contributed by atoms with van der Waals surface area (Å²) in [6.07, 6.45) is 2.16. The second kappa shape index (κ2) is 4.03. The van der Waals surface area contributed by atoms with Gasteiger partial charge in [0, 0.05) is 19.3 Å². The van der Waals surface area contributed by atoms with E-state index in [9.17, 15) is 4.79 Å². The second-order valence-electron chi connectivity index (χ2n) is 3.92. The van der Waals surface area contributed by atoms with Crippen molar-refractivity contribution < 1.29 is 9.90 Å². The van der Waals surface area contributed by atoms with Crippen molar-refractivity contribution in [3.63, 3.8) is 0 Å². The number of hydrogen-bond acceptors (Lipinski definition) is 2. The van der Waals surface area contributed by atoms with Crippen molar-refractivity contribution in [1.82, 2.24) is 0 Å². The minimum atomic E-state index is 0.157. The Labute approximate surface area is 89.3 Å². The zero-order valence-corrected chi connectivity index (χ0v) is 8.86. The molecule has 80 valence electrons. The fraction of sp³-hybridized carbons (Fsp3) is 0.417. The van der Waals surface area contributed by atoms with E-state index in [2.05, 4.69) is 6.07 Å². The number of carbonyl (C=O) groups is 1. The van der Waals surface area contributed by atoms with E-state index < -0.39 is 0 Å². The van der Waals surface area contributed by atoms with Crippen LogP contribution in [-0.4, -0.2) is 24.7 Å². The van der Waals surface area contributed by atoms with Crippen LogP contribution in [0.25, 0.3) is 0 Å². The predicted octanol–water partition coefficient (Wildman–Crippen LogP) is 1.13. The number of aryl methyl sites for hydroxylation is 1. The lowest BCUT2D eigenvalue weighted by molar-refractivity contribution is -0.117. The zero-order chi connectivity index (χ0) is 10.8. The lowest BCUT2D eigenvalue weighted by Gasteiger charge is -2.11. The molecule has 0 unspecified atom stereocenters. The van der Waals surface area contributed by atoms with Gasteiger partial charge in [0.2, 0.25) is 5.91 Å². The minimum Gasteiger partial charge on any atom is -0.396 e. The summed E-state index contributed by atoms with van der Waals surface area (Å²) in [5.74, 6) is 0.157. The van der Waals surface area contributed by atoms with E-state index in [1.165, 1.54) is 5.56 Å². The van der Waals surface area contributed by atoms with Crippen molar-refractivity contribution in [3.05, 3.63) is 29.3 Å². The van der Waals surface area contributed by atoms with E-state index in [1.54, 1.807) is 4.90 Å². The first-order valence-corrected chi connectivity index (χ1v) is 5.21. The molecule has 1 aliphatic heterocycles. The highest BCUT2D eigenvalue weighted by Crippen LogP contribution is 2.28. The Morgan fingerprint density at radius 3 is 3.00 bits per heavy atom. The van der Waals surface area contributed by atoms with Crippen LogP contribution in [0, 0.1) is 0 Å². The molecule has 15 heavy (non-hydrogen) atoms. The lowest BCUT2D eigenvalue weighted by Crippen LogP contribution is -2.20. The first-order chi connectivity index (χ1) is 7.22. The molecule has 0 aliphatic carbocycles. The average Bonchev–Trinajstić information content (AvgIpc) is 2.52. The summed E-state index contributed by atoms with van der Waals surface area (Å²) in [6.45, 7) is 0.214. The SMILES string of the molecule is CN1C(=O)Cc2ccc(CCCO)cc21. The molecular formula is C12H15NO2. The van der Waals surface area contributed by atoms with Gasteiger partial charge in [0.05, 0.1) is 6.42 Å². The van der Waals surface area contributed by atoms with Crippen LogP contribution in [-0.2, 0) is 17.6 Å². The van der Waals surface area contributed by atoms with Gasteiger partial charge < -0.3 is 10.0 Å². The summed E-state index contributed by atoms with van der Waals surface area (Å²) < 4.78 is 0. The number of likely N-dealkylation sites (N-methyl/N-ethyl adjacent to an activating group) is 1. The highest BCUT2D eigenvalue weighted by atomic mass is 16.2. The van der Waals surface area contributed by atoms with E-state index in [4.69, 9.17) is 5.11 Å². The smallest absolute Gasteiger partial charge is 0.231 e. The summed E-state index contributed by atoms with van der Waals surface area (Å²) in [5, 5.41) is 8.75.